The minimum absolute atomic E-state index is 0.0865. The fourth-order valence-corrected chi connectivity index (χ4v) is 4.48. The van der Waals surface area contributed by atoms with Crippen molar-refractivity contribution in [2.75, 3.05) is 39.3 Å². The Hall–Kier alpha value is -1.63. The van der Waals surface area contributed by atoms with Gasteiger partial charge in [0.15, 0.2) is 0 Å². The van der Waals surface area contributed by atoms with Crippen LogP contribution in [0.1, 0.15) is 0 Å². The van der Waals surface area contributed by atoms with Gasteiger partial charge in [-0.15, -0.1) is 11.8 Å². The number of carboxylic acids is 1. The molecular weight excluding hydrogens is 374 g/mol. The second-order valence-corrected chi connectivity index (χ2v) is 8.97. The maximum Gasteiger partial charge on any atom is 0.352 e. The van der Waals surface area contributed by atoms with Gasteiger partial charge in [0.1, 0.15) is 22.9 Å². The van der Waals surface area contributed by atoms with Gasteiger partial charge in [-0.2, -0.15) is 0 Å². The molecule has 0 saturated carbocycles. The number of carboxylic acid groups (broad SMARTS) is 1. The molecule has 2 amide bonds. The Morgan fingerprint density at radius 3 is 2.60 bits per heavy atom. The number of fused-ring (bicyclic) bond motifs is 1. The number of aliphatic carboxylic acids is 1. The van der Waals surface area contributed by atoms with Gasteiger partial charge in [0, 0.05) is 27.0 Å². The number of hydrogen-bond acceptors (Lipinski definition) is 7. The number of thioether (sulfide) groups is 1. The van der Waals surface area contributed by atoms with Gasteiger partial charge in [-0.1, -0.05) is 0 Å². The van der Waals surface area contributed by atoms with E-state index in [0.29, 0.717) is 11.3 Å². The average molecular weight is 393 g/mol. The zero-order valence-electron chi connectivity index (χ0n) is 13.9. The topological polar surface area (TPSA) is 133 Å². The Morgan fingerprint density at radius 1 is 1.44 bits per heavy atom. The molecule has 2 heterocycles. The zero-order valence-corrected chi connectivity index (χ0v) is 15.5. The smallest absolute Gasteiger partial charge is 0.352 e. The Bertz CT molecular complexity index is 732. The van der Waals surface area contributed by atoms with E-state index in [-0.39, 0.29) is 12.3 Å². The fourth-order valence-electron chi connectivity index (χ4n) is 2.48. The first-order valence-corrected chi connectivity index (χ1v) is 9.84. The number of hydrogen-bond donors (Lipinski definition) is 2. The highest BCUT2D eigenvalue weighted by Gasteiger charge is 2.54. The van der Waals surface area contributed by atoms with E-state index in [1.165, 1.54) is 33.0 Å². The molecule has 140 valence electrons. The van der Waals surface area contributed by atoms with Gasteiger partial charge in [0.25, 0.3) is 5.91 Å². The first kappa shape index (κ1) is 19.7. The Balaban J connectivity index is 2.11. The molecule has 10 nitrogen and oxygen atoms in total. The van der Waals surface area contributed by atoms with Gasteiger partial charge in [-0.3, -0.25) is 14.5 Å². The van der Waals surface area contributed by atoms with Crippen molar-refractivity contribution in [1.82, 2.24) is 14.5 Å². The van der Waals surface area contributed by atoms with E-state index in [1.807, 2.05) is 0 Å². The van der Waals surface area contributed by atoms with Crippen molar-refractivity contribution in [3.05, 3.63) is 11.3 Å². The van der Waals surface area contributed by atoms with Gasteiger partial charge in [0.05, 0.1) is 6.61 Å². The van der Waals surface area contributed by atoms with E-state index in [2.05, 4.69) is 5.32 Å². The molecule has 0 aliphatic carbocycles. The molecule has 2 rings (SSSR count). The normalized spacial score (nSPS) is 23.4. The van der Waals surface area contributed by atoms with Crippen LogP contribution in [0.5, 0.6) is 0 Å². The summed E-state index contributed by atoms with van der Waals surface area (Å²) >= 11 is 1.29. The van der Waals surface area contributed by atoms with Crippen LogP contribution in [0, 0.1) is 0 Å². The van der Waals surface area contributed by atoms with E-state index >= 15 is 0 Å². The predicted molar refractivity (Wildman–Crippen MR) is 89.0 cm³/mol. The number of methoxy groups -OCH3 is 1. The number of rotatable bonds is 7. The first-order chi connectivity index (χ1) is 11.6. The summed E-state index contributed by atoms with van der Waals surface area (Å²) in [4.78, 5) is 36.8. The van der Waals surface area contributed by atoms with Crippen molar-refractivity contribution in [1.29, 1.82) is 0 Å². The lowest BCUT2D eigenvalue weighted by atomic mass is 10.0. The number of carbonyl (C=O) groups excluding carboxylic acids is 2. The Morgan fingerprint density at radius 2 is 2.08 bits per heavy atom. The van der Waals surface area contributed by atoms with Crippen LogP contribution in [0.25, 0.3) is 0 Å². The van der Waals surface area contributed by atoms with E-state index in [4.69, 9.17) is 4.74 Å². The molecule has 0 spiro atoms. The van der Waals surface area contributed by atoms with Crippen LogP contribution in [-0.2, 0) is 29.1 Å². The molecular formula is C13H19N3O7S2. The van der Waals surface area contributed by atoms with Gasteiger partial charge in [-0.25, -0.2) is 17.5 Å². The number of amides is 2. The summed E-state index contributed by atoms with van der Waals surface area (Å²) < 4.78 is 29.3. The SMILES string of the molecule is COCC1=C(C(=O)O)N2C(=O)C(NC(=O)CS(=O)(=O)N(C)C)[C@H]2SC1. The summed E-state index contributed by atoms with van der Waals surface area (Å²) in [5.74, 6) is -3.08. The third-order valence-electron chi connectivity index (χ3n) is 3.75. The van der Waals surface area contributed by atoms with Crippen molar-refractivity contribution >= 4 is 39.6 Å². The molecule has 1 unspecified atom stereocenters. The lowest BCUT2D eigenvalue weighted by molar-refractivity contribution is -0.150. The van der Waals surface area contributed by atoms with Crippen LogP contribution < -0.4 is 5.32 Å². The summed E-state index contributed by atoms with van der Waals surface area (Å²) in [6, 6.07) is -0.951. The third-order valence-corrected chi connectivity index (χ3v) is 6.83. The number of nitrogens with zero attached hydrogens (tertiary/aromatic N) is 2. The van der Waals surface area contributed by atoms with E-state index in [0.717, 1.165) is 9.21 Å². The maximum absolute atomic E-state index is 12.3. The fraction of sp³-hybridized carbons (Fsp3) is 0.615. The molecule has 0 aromatic heterocycles. The van der Waals surface area contributed by atoms with Gasteiger partial charge < -0.3 is 15.2 Å². The largest absolute Gasteiger partial charge is 0.477 e. The summed E-state index contributed by atoms with van der Waals surface area (Å²) in [5.41, 5.74) is 0.339. The van der Waals surface area contributed by atoms with E-state index in [9.17, 15) is 27.9 Å². The number of sulfonamides is 1. The molecule has 1 fully saturated rings. The molecule has 25 heavy (non-hydrogen) atoms. The number of ether oxygens (including phenoxy) is 1. The molecule has 0 bridgehead atoms. The molecule has 0 radical (unpaired) electrons. The molecule has 1 saturated heterocycles. The molecule has 12 heteroatoms. The lowest BCUT2D eigenvalue weighted by Crippen LogP contribution is -2.71. The number of β-lactam (4-membered cyclic amide) rings is 1. The Labute approximate surface area is 149 Å². The molecule has 2 aliphatic rings. The summed E-state index contributed by atoms with van der Waals surface area (Å²) in [7, 11) is 0.287. The van der Waals surface area contributed by atoms with Crippen LogP contribution in [0.2, 0.25) is 0 Å². The highest BCUT2D eigenvalue weighted by atomic mass is 32.2. The molecule has 2 N–H and O–H groups in total. The van der Waals surface area contributed by atoms with Crippen molar-refractivity contribution in [2.45, 2.75) is 11.4 Å². The molecule has 0 aromatic carbocycles. The lowest BCUT2D eigenvalue weighted by Gasteiger charge is -2.49. The van der Waals surface area contributed by atoms with Crippen LogP contribution in [0.3, 0.4) is 0 Å². The summed E-state index contributed by atoms with van der Waals surface area (Å²) in [6.07, 6.45) is 0. The number of carbonyl (C=O) groups is 3. The van der Waals surface area contributed by atoms with E-state index in [1.54, 1.807) is 0 Å². The number of nitrogens with one attached hydrogen (secondary N) is 1. The average Bonchev–Trinajstić information content (AvgIpc) is 2.51. The predicted octanol–water partition coefficient (Wildman–Crippen LogP) is -1.74. The third kappa shape index (κ3) is 3.81. The quantitative estimate of drug-likeness (QED) is 0.487. The second kappa shape index (κ2) is 7.32. The maximum atomic E-state index is 12.3. The Kier molecular flexibility index (Phi) is 5.76. The van der Waals surface area contributed by atoms with Crippen LogP contribution >= 0.6 is 11.8 Å². The first-order valence-electron chi connectivity index (χ1n) is 7.18. The van der Waals surface area contributed by atoms with Crippen LogP contribution in [0.15, 0.2) is 11.3 Å². The summed E-state index contributed by atoms with van der Waals surface area (Å²) in [6.45, 7) is 0.0865. The van der Waals surface area contributed by atoms with Crippen LogP contribution in [-0.4, -0.2) is 91.2 Å². The molecule has 2 atom stereocenters. The van der Waals surface area contributed by atoms with Gasteiger partial charge in [0.2, 0.25) is 15.9 Å². The van der Waals surface area contributed by atoms with Crippen molar-refractivity contribution < 1.29 is 32.6 Å². The van der Waals surface area contributed by atoms with Crippen LogP contribution in [0.4, 0.5) is 0 Å². The second-order valence-electron chi connectivity index (χ2n) is 5.68. The monoisotopic (exact) mass is 393 g/mol. The highest BCUT2D eigenvalue weighted by Crippen LogP contribution is 2.40. The standard InChI is InChI=1S/C13H19N3O7S2/c1-15(2)25(21,22)6-8(17)14-9-11(18)16-10(13(19)20)7(4-23-3)5-24-12(9)16/h9,12H,4-6H2,1-3H3,(H,14,17)(H,19,20)/t9?,12-/m1/s1. The van der Waals surface area contributed by atoms with E-state index < -0.39 is 45.0 Å². The minimum Gasteiger partial charge on any atom is -0.477 e. The van der Waals surface area contributed by atoms with Gasteiger partial charge >= 0.3 is 5.97 Å². The van der Waals surface area contributed by atoms with Gasteiger partial charge in [-0.05, 0) is 5.57 Å². The summed E-state index contributed by atoms with van der Waals surface area (Å²) in [5, 5.41) is 11.2. The molecule has 0 aromatic rings. The molecule has 2 aliphatic heterocycles. The minimum atomic E-state index is -3.74. The zero-order chi connectivity index (χ0) is 18.9. The van der Waals surface area contributed by atoms with Crippen molar-refractivity contribution in [3.63, 3.8) is 0 Å². The van der Waals surface area contributed by atoms with Crippen molar-refractivity contribution in [2.24, 2.45) is 0 Å². The highest BCUT2D eigenvalue weighted by molar-refractivity contribution is 8.00. The van der Waals surface area contributed by atoms with Crippen molar-refractivity contribution in [3.8, 4) is 0 Å².